The summed E-state index contributed by atoms with van der Waals surface area (Å²) >= 11 is 0. The van der Waals surface area contributed by atoms with Crippen LogP contribution in [0.3, 0.4) is 0 Å². The zero-order valence-electron chi connectivity index (χ0n) is 27.8. The molecule has 0 fully saturated rings. The minimum absolute atomic E-state index is 1.17. The van der Waals surface area contributed by atoms with Crippen molar-refractivity contribution in [3.05, 3.63) is 188 Å². The first-order valence-electron chi connectivity index (χ1n) is 17.7. The Hall–Kier alpha value is -6.70. The van der Waals surface area contributed by atoms with Crippen LogP contribution in [0.5, 0.6) is 0 Å². The molecule has 0 unspecified atom stereocenters. The summed E-state index contributed by atoms with van der Waals surface area (Å²) in [6.07, 6.45) is 0. The molecule has 0 aliphatic carbocycles. The van der Waals surface area contributed by atoms with E-state index >= 15 is 0 Å². The molecule has 51 heavy (non-hydrogen) atoms. The van der Waals surface area contributed by atoms with Crippen LogP contribution in [0.2, 0.25) is 0 Å². The predicted octanol–water partition coefficient (Wildman–Crippen LogP) is 13.9. The fourth-order valence-electron chi connectivity index (χ4n) is 8.66. The lowest BCUT2D eigenvalue weighted by Crippen LogP contribution is -1.93. The van der Waals surface area contributed by atoms with E-state index in [1.165, 1.54) is 104 Å². The molecule has 1 aromatic heterocycles. The van der Waals surface area contributed by atoms with Crippen molar-refractivity contribution < 1.29 is 0 Å². The second-order valence-electron chi connectivity index (χ2n) is 13.6. The molecule has 0 aliphatic rings. The fraction of sp³-hybridized carbons (Fsp3) is 0. The molecule has 0 spiro atoms. The maximum absolute atomic E-state index is 2.40. The summed E-state index contributed by atoms with van der Waals surface area (Å²) in [7, 11) is 0. The van der Waals surface area contributed by atoms with Crippen molar-refractivity contribution in [2.75, 3.05) is 0 Å². The average molecular weight is 646 g/mol. The lowest BCUT2D eigenvalue weighted by Gasteiger charge is -2.17. The fourth-order valence-corrected chi connectivity index (χ4v) is 8.66. The van der Waals surface area contributed by atoms with Crippen molar-refractivity contribution in [2.45, 2.75) is 0 Å². The summed E-state index contributed by atoms with van der Waals surface area (Å²) in [5.74, 6) is 0. The molecule has 0 saturated heterocycles. The summed E-state index contributed by atoms with van der Waals surface area (Å²) in [5, 5.41) is 15.6. The molecule has 0 bridgehead atoms. The van der Waals surface area contributed by atoms with Crippen molar-refractivity contribution in [3.8, 4) is 27.9 Å². The molecule has 0 aliphatic heterocycles. The molecule has 0 atom stereocenters. The quantitative estimate of drug-likeness (QED) is 0.169. The number of para-hydroxylation sites is 2. The zero-order chi connectivity index (χ0) is 33.5. The minimum atomic E-state index is 1.17. The van der Waals surface area contributed by atoms with Crippen molar-refractivity contribution in [1.82, 2.24) is 4.57 Å². The van der Waals surface area contributed by atoms with Crippen molar-refractivity contribution in [1.29, 1.82) is 0 Å². The largest absolute Gasteiger partial charge is 0.309 e. The number of hydrogen-bond donors (Lipinski definition) is 0. The average Bonchev–Trinajstić information content (AvgIpc) is 3.54. The van der Waals surface area contributed by atoms with Crippen LogP contribution in [0, 0.1) is 0 Å². The highest BCUT2D eigenvalue weighted by Gasteiger charge is 2.17. The molecule has 0 N–H and O–H groups in total. The number of fused-ring (bicyclic) bond motifs is 14. The van der Waals surface area contributed by atoms with Crippen LogP contribution in [0.15, 0.2) is 188 Å². The van der Waals surface area contributed by atoms with Gasteiger partial charge in [-0.3, -0.25) is 0 Å². The normalized spacial score (nSPS) is 11.9. The summed E-state index contributed by atoms with van der Waals surface area (Å²) in [5.41, 5.74) is 8.48. The summed E-state index contributed by atoms with van der Waals surface area (Å²) < 4.78 is 2.39. The molecule has 1 heterocycles. The molecule has 11 aromatic rings. The van der Waals surface area contributed by atoms with E-state index in [-0.39, 0.29) is 0 Å². The van der Waals surface area contributed by atoms with E-state index in [1.807, 2.05) is 0 Å². The maximum atomic E-state index is 2.40. The molecule has 0 saturated carbocycles. The van der Waals surface area contributed by atoms with E-state index in [2.05, 4.69) is 193 Å². The van der Waals surface area contributed by atoms with E-state index < -0.39 is 0 Å². The van der Waals surface area contributed by atoms with Crippen molar-refractivity contribution in [2.24, 2.45) is 0 Å². The Morgan fingerprint density at radius 3 is 1.22 bits per heavy atom. The van der Waals surface area contributed by atoms with Crippen LogP contribution in [-0.4, -0.2) is 4.57 Å². The Bertz CT molecular complexity index is 3170. The molecule has 11 rings (SSSR count). The van der Waals surface area contributed by atoms with Gasteiger partial charge in [-0.1, -0.05) is 158 Å². The molecule has 1 nitrogen and oxygen atoms in total. The van der Waals surface area contributed by atoms with Gasteiger partial charge in [0.25, 0.3) is 0 Å². The Labute approximate surface area is 295 Å². The van der Waals surface area contributed by atoms with Gasteiger partial charge in [-0.05, 0) is 106 Å². The molecular formula is C50H31N. The highest BCUT2D eigenvalue weighted by atomic mass is 15.0. The molecule has 1 heteroatoms. The topological polar surface area (TPSA) is 4.93 Å². The third-order valence-electron chi connectivity index (χ3n) is 10.9. The highest BCUT2D eigenvalue weighted by molar-refractivity contribution is 6.39. The third kappa shape index (κ3) is 4.16. The Kier molecular flexibility index (Phi) is 6.02. The molecule has 10 aromatic carbocycles. The molecule has 0 amide bonds. The molecule has 0 radical (unpaired) electrons. The highest BCUT2D eigenvalue weighted by Crippen LogP contribution is 2.44. The minimum Gasteiger partial charge on any atom is -0.309 e. The number of hydrogen-bond acceptors (Lipinski definition) is 0. The smallest absolute Gasteiger partial charge is 0.0547 e. The van der Waals surface area contributed by atoms with E-state index in [4.69, 9.17) is 0 Å². The maximum Gasteiger partial charge on any atom is 0.0547 e. The first kappa shape index (κ1) is 28.2. The second kappa shape index (κ2) is 10.9. The van der Waals surface area contributed by atoms with E-state index in [9.17, 15) is 0 Å². The Morgan fingerprint density at radius 2 is 0.627 bits per heavy atom. The predicted molar refractivity (Wildman–Crippen MR) is 219 cm³/mol. The van der Waals surface area contributed by atoms with E-state index in [0.717, 1.165) is 0 Å². The SMILES string of the molecule is c1ccc(-n2c3ccccc3c3ccc(-c4ccc(-c5ccc6c(c5)c5ccccc5c5c7ccccc7c7ccccc7c65)cc4)cc32)cc1. The van der Waals surface area contributed by atoms with Gasteiger partial charge in [-0.2, -0.15) is 0 Å². The number of rotatable bonds is 3. The van der Waals surface area contributed by atoms with E-state index in [1.54, 1.807) is 0 Å². The van der Waals surface area contributed by atoms with Crippen LogP contribution in [0.4, 0.5) is 0 Å². The first-order valence-corrected chi connectivity index (χ1v) is 17.7. The van der Waals surface area contributed by atoms with Gasteiger partial charge in [-0.25, -0.2) is 0 Å². The molecular weight excluding hydrogens is 615 g/mol. The van der Waals surface area contributed by atoms with E-state index in [0.29, 0.717) is 0 Å². The van der Waals surface area contributed by atoms with Crippen LogP contribution in [-0.2, 0) is 0 Å². The number of benzene rings is 10. The summed E-state index contributed by atoms with van der Waals surface area (Å²) in [6, 6.07) is 69.2. The monoisotopic (exact) mass is 645 g/mol. The third-order valence-corrected chi connectivity index (χ3v) is 10.9. The number of aromatic nitrogens is 1. The standard InChI is InChI=1S/C50H31N/c1-2-12-36(13-3-1)51-47-21-11-10-17-40(47)41-28-26-35(31-48(41)51)33-24-22-32(23-25-33)34-27-29-45-46(30-34)39-16-6-9-20-44(39)49-42-18-7-4-14-37(42)38-15-5-8-19-43(38)50(45)49/h1-31H. The van der Waals surface area contributed by atoms with Gasteiger partial charge in [0.15, 0.2) is 0 Å². The van der Waals surface area contributed by atoms with Crippen LogP contribution in [0.25, 0.3) is 104 Å². The number of nitrogens with zero attached hydrogens (tertiary/aromatic N) is 1. The van der Waals surface area contributed by atoms with Crippen LogP contribution >= 0.6 is 0 Å². The summed E-state index contributed by atoms with van der Waals surface area (Å²) in [6.45, 7) is 0. The lowest BCUT2D eigenvalue weighted by molar-refractivity contribution is 1.18. The first-order chi connectivity index (χ1) is 25.3. The lowest BCUT2D eigenvalue weighted by atomic mass is 9.86. The van der Waals surface area contributed by atoms with Gasteiger partial charge in [-0.15, -0.1) is 0 Å². The van der Waals surface area contributed by atoms with Gasteiger partial charge in [0.1, 0.15) is 0 Å². The van der Waals surface area contributed by atoms with Crippen molar-refractivity contribution in [3.63, 3.8) is 0 Å². The van der Waals surface area contributed by atoms with Gasteiger partial charge in [0.2, 0.25) is 0 Å². The van der Waals surface area contributed by atoms with Gasteiger partial charge in [0, 0.05) is 16.5 Å². The Balaban J connectivity index is 1.08. The van der Waals surface area contributed by atoms with Gasteiger partial charge in [0.05, 0.1) is 11.0 Å². The molecule has 236 valence electrons. The van der Waals surface area contributed by atoms with Gasteiger partial charge < -0.3 is 4.57 Å². The van der Waals surface area contributed by atoms with Gasteiger partial charge >= 0.3 is 0 Å². The van der Waals surface area contributed by atoms with Crippen LogP contribution < -0.4 is 0 Å². The summed E-state index contributed by atoms with van der Waals surface area (Å²) in [4.78, 5) is 0. The van der Waals surface area contributed by atoms with Crippen molar-refractivity contribution >= 4 is 75.7 Å². The van der Waals surface area contributed by atoms with Crippen LogP contribution in [0.1, 0.15) is 0 Å². The Morgan fingerprint density at radius 1 is 0.235 bits per heavy atom. The zero-order valence-corrected chi connectivity index (χ0v) is 27.8. The second-order valence-corrected chi connectivity index (χ2v) is 13.6.